The van der Waals surface area contributed by atoms with Crippen molar-refractivity contribution in [3.05, 3.63) is 78.0 Å². The van der Waals surface area contributed by atoms with E-state index in [4.69, 9.17) is 7.85 Å². The van der Waals surface area contributed by atoms with Crippen molar-refractivity contribution in [1.82, 2.24) is 4.98 Å². The van der Waals surface area contributed by atoms with E-state index in [2.05, 4.69) is 9.71 Å². The molecule has 3 rings (SSSR count). The summed E-state index contributed by atoms with van der Waals surface area (Å²) in [5.41, 5.74) is 3.57. The van der Waals surface area contributed by atoms with E-state index in [0.717, 1.165) is 21.8 Å². The maximum Gasteiger partial charge on any atom is 2.00 e. The number of benzene rings is 2. The van der Waals surface area contributed by atoms with E-state index in [1.807, 2.05) is 47.8 Å². The van der Waals surface area contributed by atoms with Gasteiger partial charge in [0.25, 0.3) is 0 Å². The number of nitrogens with zero attached hydrogens (tertiary/aromatic N) is 1. The number of rotatable bonds is 6. The van der Waals surface area contributed by atoms with Crippen molar-refractivity contribution in [1.29, 1.82) is 0 Å². The van der Waals surface area contributed by atoms with Gasteiger partial charge >= 0.3 is 31.1 Å². The van der Waals surface area contributed by atoms with Crippen LogP contribution in [0.15, 0.2) is 60.0 Å². The third kappa shape index (κ3) is 6.28. The average Bonchev–Trinajstić information content (AvgIpc) is 3.07. The molecule has 4 nitrogen and oxygen atoms in total. The Kier molecular flexibility index (Phi) is 9.66. The molecule has 0 aliphatic carbocycles. The Morgan fingerprint density at radius 2 is 1.73 bits per heavy atom. The van der Waals surface area contributed by atoms with Crippen molar-refractivity contribution in [3.8, 4) is 11.3 Å². The smallest absolute Gasteiger partial charge is 0.420 e. The SMILES string of the molecule is [B][C@@H](Cc1ccc(N[S-](=O)=O)cc1)c1nc(-c2ccccc2)cs1.[CH3-].[U+2]. The fraction of sp³-hybridized carbons (Fsp3) is 0.111. The summed E-state index contributed by atoms with van der Waals surface area (Å²) in [6, 6.07) is 17.2. The Morgan fingerprint density at radius 1 is 1.08 bits per heavy atom. The number of hydrogen-bond acceptors (Lipinski definition) is 5. The molecule has 2 radical (unpaired) electrons. The predicted octanol–water partition coefficient (Wildman–Crippen LogP) is 4.35. The van der Waals surface area contributed by atoms with Crippen molar-refractivity contribution in [2.75, 3.05) is 4.72 Å². The van der Waals surface area contributed by atoms with Gasteiger partial charge < -0.3 is 20.6 Å². The second-order valence-electron chi connectivity index (χ2n) is 5.28. The van der Waals surface area contributed by atoms with Crippen molar-refractivity contribution in [3.63, 3.8) is 0 Å². The average molecular weight is 606 g/mol. The van der Waals surface area contributed by atoms with Crippen LogP contribution in [0.3, 0.4) is 0 Å². The zero-order valence-electron chi connectivity index (χ0n) is 14.2. The van der Waals surface area contributed by atoms with Crippen LogP contribution in [0.2, 0.25) is 0 Å². The molecule has 130 valence electrons. The Bertz CT molecular complexity index is 876. The minimum absolute atomic E-state index is 0. The first-order valence-electron chi connectivity index (χ1n) is 7.33. The quantitative estimate of drug-likeness (QED) is 0.258. The van der Waals surface area contributed by atoms with Crippen LogP contribution in [0.4, 0.5) is 5.69 Å². The van der Waals surface area contributed by atoms with Crippen molar-refractivity contribution in [2.24, 2.45) is 0 Å². The first kappa shape index (κ1) is 23.0. The molecule has 1 heterocycles. The summed E-state index contributed by atoms with van der Waals surface area (Å²) in [5.74, 6) is -0.195. The summed E-state index contributed by atoms with van der Waals surface area (Å²) in [5, 5.41) is 2.90. The summed E-state index contributed by atoms with van der Waals surface area (Å²) >= 11 is 1.55. The molecule has 0 saturated carbocycles. The molecule has 1 atom stereocenters. The minimum Gasteiger partial charge on any atom is -0.420 e. The van der Waals surface area contributed by atoms with Gasteiger partial charge in [-0.25, -0.2) is 4.98 Å². The number of anilines is 1. The van der Waals surface area contributed by atoms with E-state index in [0.29, 0.717) is 12.1 Å². The molecule has 0 aliphatic heterocycles. The second-order valence-corrected chi connectivity index (χ2v) is 6.84. The van der Waals surface area contributed by atoms with Crippen LogP contribution in [0.25, 0.3) is 11.3 Å². The zero-order valence-corrected chi connectivity index (χ0v) is 20.0. The van der Waals surface area contributed by atoms with Crippen LogP contribution >= 0.6 is 11.3 Å². The summed E-state index contributed by atoms with van der Waals surface area (Å²) in [6.07, 6.45) is 0.641. The van der Waals surface area contributed by atoms with Crippen LogP contribution in [0, 0.1) is 38.5 Å². The standard InChI is InChI=1S/C17H14BN2O2S2.CH3.U/c18-15(10-12-6-8-14(9-7-12)20-24(21)22)17-19-16(11-23-17)13-4-2-1-3-5-13;;/h1-9,11,15H,10H2,(H,20,21,22);1H3;/q2*-1;+2/t15-;;/m0../s1. The van der Waals surface area contributed by atoms with Gasteiger partial charge in [0.15, 0.2) is 0 Å². The van der Waals surface area contributed by atoms with E-state index < -0.39 is 10.9 Å². The van der Waals surface area contributed by atoms with Crippen molar-refractivity contribution in [2.45, 2.75) is 12.2 Å². The maximum absolute atomic E-state index is 10.6. The van der Waals surface area contributed by atoms with E-state index in [-0.39, 0.29) is 44.4 Å². The number of hydrogen-bond donors (Lipinski definition) is 1. The Morgan fingerprint density at radius 3 is 2.35 bits per heavy atom. The first-order valence-corrected chi connectivity index (χ1v) is 9.28. The molecule has 3 aromatic rings. The van der Waals surface area contributed by atoms with Gasteiger partial charge in [-0.05, 0) is 29.9 Å². The fourth-order valence-corrected chi connectivity index (χ4v) is 3.50. The van der Waals surface area contributed by atoms with Crippen LogP contribution in [-0.4, -0.2) is 12.8 Å². The molecule has 1 N–H and O–H groups in total. The van der Waals surface area contributed by atoms with E-state index in [1.54, 1.807) is 23.5 Å². The molecule has 0 unspecified atom stereocenters. The Hall–Kier alpha value is -1.06. The van der Waals surface area contributed by atoms with Gasteiger partial charge in [0.1, 0.15) is 0 Å². The molecule has 26 heavy (non-hydrogen) atoms. The molecule has 0 fully saturated rings. The molecule has 0 spiro atoms. The van der Waals surface area contributed by atoms with Crippen LogP contribution in [-0.2, 0) is 25.7 Å². The van der Waals surface area contributed by atoms with Crippen molar-refractivity contribution >= 4 is 35.8 Å². The molecular weight excluding hydrogens is 589 g/mol. The van der Waals surface area contributed by atoms with Crippen LogP contribution in [0.1, 0.15) is 16.4 Å². The molecule has 0 saturated heterocycles. The normalized spacial score (nSPS) is 11.3. The van der Waals surface area contributed by atoms with Gasteiger partial charge in [0, 0.05) is 27.5 Å². The molecule has 0 bridgehead atoms. The third-order valence-electron chi connectivity index (χ3n) is 3.52. The van der Waals surface area contributed by atoms with E-state index in [9.17, 15) is 8.42 Å². The van der Waals surface area contributed by atoms with Gasteiger partial charge in [-0.15, -0.1) is 11.3 Å². The fourth-order valence-electron chi connectivity index (χ4n) is 2.35. The predicted molar refractivity (Wildman–Crippen MR) is 105 cm³/mol. The minimum atomic E-state index is -2.31. The monoisotopic (exact) mass is 606 g/mol. The third-order valence-corrected chi connectivity index (χ3v) is 4.90. The van der Waals surface area contributed by atoms with Gasteiger partial charge in [-0.1, -0.05) is 42.5 Å². The molecule has 2 aromatic carbocycles. The van der Waals surface area contributed by atoms with Gasteiger partial charge in [0.05, 0.1) is 18.5 Å². The molecule has 1 aromatic heterocycles. The summed E-state index contributed by atoms with van der Waals surface area (Å²) < 4.78 is 23.5. The first-order chi connectivity index (χ1) is 11.6. The van der Waals surface area contributed by atoms with E-state index >= 15 is 0 Å². The Labute approximate surface area is 185 Å². The second kappa shape index (κ2) is 10.9. The van der Waals surface area contributed by atoms with Crippen LogP contribution < -0.4 is 4.72 Å². The Balaban J connectivity index is 0.00000169. The largest absolute Gasteiger partial charge is 2.00 e. The zero-order chi connectivity index (χ0) is 16.9. The summed E-state index contributed by atoms with van der Waals surface area (Å²) in [7, 11) is 3.96. The summed E-state index contributed by atoms with van der Waals surface area (Å²) in [4.78, 5) is 4.63. The molecular formula is C18H17BN2O2S2U. The molecule has 0 amide bonds. The topological polar surface area (TPSA) is 59.1 Å². The number of nitrogens with one attached hydrogen (secondary N) is 1. The van der Waals surface area contributed by atoms with Crippen molar-refractivity contribution < 1.29 is 39.5 Å². The summed E-state index contributed by atoms with van der Waals surface area (Å²) in [6.45, 7) is 0. The molecule has 0 aliphatic rings. The number of aromatic nitrogens is 1. The van der Waals surface area contributed by atoms with Gasteiger partial charge in [0.2, 0.25) is 0 Å². The van der Waals surface area contributed by atoms with Crippen LogP contribution in [0.5, 0.6) is 0 Å². The molecule has 8 heteroatoms. The number of thiazole rings is 1. The van der Waals surface area contributed by atoms with Gasteiger partial charge in [-0.3, -0.25) is 0 Å². The maximum atomic E-state index is 10.6. The van der Waals surface area contributed by atoms with E-state index in [1.165, 1.54) is 0 Å². The van der Waals surface area contributed by atoms with Gasteiger partial charge in [-0.2, -0.15) is 0 Å².